The van der Waals surface area contributed by atoms with Crippen molar-refractivity contribution < 1.29 is 9.21 Å². The summed E-state index contributed by atoms with van der Waals surface area (Å²) >= 11 is 0. The van der Waals surface area contributed by atoms with Crippen molar-refractivity contribution in [2.75, 3.05) is 13.1 Å². The maximum Gasteiger partial charge on any atom is 0.253 e. The van der Waals surface area contributed by atoms with E-state index < -0.39 is 0 Å². The minimum atomic E-state index is -0.0697. The predicted octanol–water partition coefficient (Wildman–Crippen LogP) is 2.98. The molecule has 2 aromatic heterocycles. The van der Waals surface area contributed by atoms with Gasteiger partial charge in [0.1, 0.15) is 5.69 Å². The minimum Gasteiger partial charge on any atom is -0.463 e. The van der Waals surface area contributed by atoms with E-state index in [1.54, 1.807) is 12.3 Å². The molecule has 1 aliphatic rings. The molecule has 1 fully saturated rings. The molecule has 5 nitrogen and oxygen atoms in total. The highest BCUT2D eigenvalue weighted by atomic mass is 35.5. The fourth-order valence-electron chi connectivity index (χ4n) is 2.60. The molecule has 1 amide bonds. The van der Waals surface area contributed by atoms with Gasteiger partial charge in [-0.2, -0.15) is 0 Å². The zero-order valence-corrected chi connectivity index (χ0v) is 14.5. The van der Waals surface area contributed by atoms with Gasteiger partial charge in [0.25, 0.3) is 5.91 Å². The summed E-state index contributed by atoms with van der Waals surface area (Å²) in [5, 5.41) is 6.33. The van der Waals surface area contributed by atoms with E-state index in [9.17, 15) is 4.79 Å². The van der Waals surface area contributed by atoms with Gasteiger partial charge in [0.15, 0.2) is 5.76 Å². The van der Waals surface area contributed by atoms with Crippen LogP contribution in [0.15, 0.2) is 34.9 Å². The summed E-state index contributed by atoms with van der Waals surface area (Å²) in [6.07, 6.45) is 3.91. The maximum absolute atomic E-state index is 12.2. The van der Waals surface area contributed by atoms with Crippen molar-refractivity contribution in [3.05, 3.63) is 41.8 Å². The number of amides is 1. The molecule has 1 unspecified atom stereocenters. The van der Waals surface area contributed by atoms with E-state index in [0.29, 0.717) is 29.6 Å². The molecular formula is C16H21Cl2N3O2. The highest BCUT2D eigenvalue weighted by molar-refractivity contribution is 5.95. The summed E-state index contributed by atoms with van der Waals surface area (Å²) in [5.41, 5.74) is 2.07. The topological polar surface area (TPSA) is 67.2 Å². The summed E-state index contributed by atoms with van der Waals surface area (Å²) in [7, 11) is 0. The molecule has 2 aromatic rings. The van der Waals surface area contributed by atoms with Crippen LogP contribution in [0.2, 0.25) is 0 Å². The molecule has 0 bridgehead atoms. The van der Waals surface area contributed by atoms with Crippen LogP contribution in [-0.4, -0.2) is 30.0 Å². The smallest absolute Gasteiger partial charge is 0.253 e. The summed E-state index contributed by atoms with van der Waals surface area (Å²) < 4.78 is 5.32. The van der Waals surface area contributed by atoms with E-state index in [4.69, 9.17) is 4.42 Å². The molecule has 1 atom stereocenters. The van der Waals surface area contributed by atoms with Gasteiger partial charge >= 0.3 is 0 Å². The number of hydrogen-bond acceptors (Lipinski definition) is 4. The fraction of sp³-hybridized carbons (Fsp3) is 0.375. The van der Waals surface area contributed by atoms with Gasteiger partial charge < -0.3 is 15.1 Å². The molecule has 0 aromatic carbocycles. The standard InChI is InChI=1S/C16H19N3O2.2ClH/c1-11-13(16(20)18-10-12-4-2-8-17-12)6-7-14(19-11)15-5-3-9-21-15;;/h3,5-7,9,12,17H,2,4,8,10H2,1H3,(H,18,20);2*1H. The molecule has 1 aliphatic heterocycles. The van der Waals surface area contributed by atoms with Gasteiger partial charge in [0, 0.05) is 12.6 Å². The summed E-state index contributed by atoms with van der Waals surface area (Å²) in [6.45, 7) is 3.55. The molecule has 7 heteroatoms. The molecule has 23 heavy (non-hydrogen) atoms. The van der Waals surface area contributed by atoms with Gasteiger partial charge in [-0.1, -0.05) is 0 Å². The fourth-order valence-corrected chi connectivity index (χ4v) is 2.60. The average molecular weight is 358 g/mol. The van der Waals surface area contributed by atoms with E-state index in [1.165, 1.54) is 6.42 Å². The first-order valence-electron chi connectivity index (χ1n) is 7.27. The predicted molar refractivity (Wildman–Crippen MR) is 94.5 cm³/mol. The lowest BCUT2D eigenvalue weighted by molar-refractivity contribution is 0.0949. The number of aryl methyl sites for hydroxylation is 1. The second-order valence-electron chi connectivity index (χ2n) is 5.31. The van der Waals surface area contributed by atoms with Crippen LogP contribution in [0.3, 0.4) is 0 Å². The first kappa shape index (κ1) is 19.5. The normalized spacial score (nSPS) is 16.3. The Morgan fingerprint density at radius 2 is 2.22 bits per heavy atom. The van der Waals surface area contributed by atoms with Crippen LogP contribution in [-0.2, 0) is 0 Å². The van der Waals surface area contributed by atoms with Crippen LogP contribution in [0.5, 0.6) is 0 Å². The molecular weight excluding hydrogens is 337 g/mol. The summed E-state index contributed by atoms with van der Waals surface area (Å²) in [5.74, 6) is 0.639. The van der Waals surface area contributed by atoms with Crippen molar-refractivity contribution in [1.29, 1.82) is 0 Å². The van der Waals surface area contributed by atoms with Gasteiger partial charge in [-0.15, -0.1) is 24.8 Å². The van der Waals surface area contributed by atoms with Crippen LogP contribution in [0, 0.1) is 6.92 Å². The van der Waals surface area contributed by atoms with Crippen LogP contribution in [0.4, 0.5) is 0 Å². The van der Waals surface area contributed by atoms with E-state index >= 15 is 0 Å². The average Bonchev–Trinajstić information content (AvgIpc) is 3.18. The quantitative estimate of drug-likeness (QED) is 0.882. The third-order valence-corrected chi connectivity index (χ3v) is 3.78. The number of carbonyl (C=O) groups excluding carboxylic acids is 1. The van der Waals surface area contributed by atoms with Gasteiger partial charge in [-0.05, 0) is 50.6 Å². The second-order valence-corrected chi connectivity index (χ2v) is 5.31. The lowest BCUT2D eigenvalue weighted by Crippen LogP contribution is -2.37. The summed E-state index contributed by atoms with van der Waals surface area (Å²) in [6, 6.07) is 7.69. The number of furan rings is 1. The highest BCUT2D eigenvalue weighted by Gasteiger charge is 2.17. The Morgan fingerprint density at radius 3 is 2.83 bits per heavy atom. The molecule has 3 rings (SSSR count). The van der Waals surface area contributed by atoms with Crippen molar-refractivity contribution in [2.45, 2.75) is 25.8 Å². The van der Waals surface area contributed by atoms with Crippen molar-refractivity contribution >= 4 is 30.7 Å². The van der Waals surface area contributed by atoms with E-state index in [0.717, 1.165) is 18.7 Å². The molecule has 3 heterocycles. The number of rotatable bonds is 4. The lowest BCUT2D eigenvalue weighted by Gasteiger charge is -2.12. The van der Waals surface area contributed by atoms with Gasteiger partial charge in [0.2, 0.25) is 0 Å². The Hall–Kier alpha value is -1.56. The SMILES string of the molecule is Cc1nc(-c2ccco2)ccc1C(=O)NCC1CCCN1.Cl.Cl. The number of halogens is 2. The second kappa shape index (κ2) is 8.91. The monoisotopic (exact) mass is 357 g/mol. The van der Waals surface area contributed by atoms with Crippen molar-refractivity contribution in [1.82, 2.24) is 15.6 Å². The third kappa shape index (κ3) is 4.70. The van der Waals surface area contributed by atoms with E-state index in [-0.39, 0.29) is 30.7 Å². The molecule has 126 valence electrons. The Morgan fingerprint density at radius 1 is 1.39 bits per heavy atom. The van der Waals surface area contributed by atoms with Crippen LogP contribution in [0.25, 0.3) is 11.5 Å². The Balaban J connectivity index is 0.00000132. The number of carbonyl (C=O) groups is 1. The maximum atomic E-state index is 12.2. The highest BCUT2D eigenvalue weighted by Crippen LogP contribution is 2.19. The molecule has 0 spiro atoms. The number of aromatic nitrogens is 1. The third-order valence-electron chi connectivity index (χ3n) is 3.78. The van der Waals surface area contributed by atoms with Gasteiger partial charge in [0.05, 0.1) is 17.5 Å². The van der Waals surface area contributed by atoms with Crippen LogP contribution >= 0.6 is 24.8 Å². The number of pyridine rings is 1. The number of hydrogen-bond donors (Lipinski definition) is 2. The van der Waals surface area contributed by atoms with Crippen molar-refractivity contribution in [3.8, 4) is 11.5 Å². The number of nitrogens with one attached hydrogen (secondary N) is 2. The largest absolute Gasteiger partial charge is 0.463 e. The summed E-state index contributed by atoms with van der Waals surface area (Å²) in [4.78, 5) is 16.7. The molecule has 0 aliphatic carbocycles. The molecule has 0 radical (unpaired) electrons. The number of nitrogens with zero attached hydrogens (tertiary/aromatic N) is 1. The Kier molecular flexibility index (Phi) is 7.55. The first-order valence-corrected chi connectivity index (χ1v) is 7.27. The lowest BCUT2D eigenvalue weighted by atomic mass is 10.1. The van der Waals surface area contributed by atoms with Crippen LogP contribution < -0.4 is 10.6 Å². The Bertz CT molecular complexity index is 626. The Labute approximate surface area is 148 Å². The molecule has 1 saturated heterocycles. The van der Waals surface area contributed by atoms with Crippen molar-refractivity contribution in [2.24, 2.45) is 0 Å². The zero-order chi connectivity index (χ0) is 14.7. The van der Waals surface area contributed by atoms with E-state index in [2.05, 4.69) is 15.6 Å². The van der Waals surface area contributed by atoms with E-state index in [1.807, 2.05) is 25.1 Å². The molecule has 2 N–H and O–H groups in total. The minimum absolute atomic E-state index is 0. The zero-order valence-electron chi connectivity index (χ0n) is 12.9. The van der Waals surface area contributed by atoms with Gasteiger partial charge in [-0.3, -0.25) is 4.79 Å². The first-order chi connectivity index (χ1) is 10.2. The van der Waals surface area contributed by atoms with Crippen molar-refractivity contribution in [3.63, 3.8) is 0 Å². The molecule has 0 saturated carbocycles. The van der Waals surface area contributed by atoms with Gasteiger partial charge in [-0.25, -0.2) is 4.98 Å². The van der Waals surface area contributed by atoms with Crippen LogP contribution in [0.1, 0.15) is 28.9 Å².